The first-order valence-corrected chi connectivity index (χ1v) is 15.0. The van der Waals surface area contributed by atoms with Gasteiger partial charge < -0.3 is 5.32 Å². The summed E-state index contributed by atoms with van der Waals surface area (Å²) in [6, 6.07) is 0. The maximum atomic E-state index is 12.3. The van der Waals surface area contributed by atoms with Gasteiger partial charge >= 0.3 is 0 Å². The zero-order valence-corrected chi connectivity index (χ0v) is 24.3. The Kier molecular flexibility index (Phi) is 6.64. The Morgan fingerprint density at radius 3 is 2.15 bits per heavy atom. The van der Waals surface area contributed by atoms with Crippen LogP contribution < -0.4 is 5.32 Å². The average Bonchev–Trinajstić information content (AvgIpc) is 3.07. The van der Waals surface area contributed by atoms with Gasteiger partial charge in [-0.25, -0.2) is 0 Å². The third kappa shape index (κ3) is 3.27. The molecule has 1 N–H and O–H groups in total. The van der Waals surface area contributed by atoms with Crippen molar-refractivity contribution >= 4 is 5.91 Å². The molecule has 4 fully saturated rings. The predicted molar refractivity (Wildman–Crippen MR) is 145 cm³/mol. The van der Waals surface area contributed by atoms with E-state index < -0.39 is 0 Å². The van der Waals surface area contributed by atoms with Crippen molar-refractivity contribution in [3.8, 4) is 0 Å². The third-order valence-electron chi connectivity index (χ3n) is 14.4. The highest BCUT2D eigenvalue weighted by molar-refractivity contribution is 5.75. The number of nitrogens with one attached hydrogen (secondary N) is 1. The van der Waals surface area contributed by atoms with Crippen LogP contribution in [0.15, 0.2) is 0 Å². The Labute approximate surface area is 212 Å². The second kappa shape index (κ2) is 8.51. The van der Waals surface area contributed by atoms with Gasteiger partial charge in [-0.05, 0) is 114 Å². The number of hydrogen-bond donors (Lipinski definition) is 1. The van der Waals surface area contributed by atoms with Gasteiger partial charge in [-0.15, -0.1) is 0 Å². The summed E-state index contributed by atoms with van der Waals surface area (Å²) in [6.07, 6.45) is 15.4. The summed E-state index contributed by atoms with van der Waals surface area (Å²) < 4.78 is 0. The smallest absolute Gasteiger partial charge is 0.220 e. The molecule has 2 heteroatoms. The van der Waals surface area contributed by atoms with Crippen LogP contribution in [0.3, 0.4) is 0 Å². The van der Waals surface area contributed by atoms with Crippen molar-refractivity contribution in [3.63, 3.8) is 0 Å². The zero-order chi connectivity index (χ0) is 25.2. The molecule has 0 bridgehead atoms. The molecule has 196 valence electrons. The molecule has 4 saturated carbocycles. The fourth-order valence-electron chi connectivity index (χ4n) is 11.3. The summed E-state index contributed by atoms with van der Waals surface area (Å²) in [7, 11) is 0. The minimum Gasteiger partial charge on any atom is -0.356 e. The van der Waals surface area contributed by atoms with E-state index in [0.29, 0.717) is 44.8 Å². The van der Waals surface area contributed by atoms with Crippen molar-refractivity contribution in [2.75, 3.05) is 6.54 Å². The van der Waals surface area contributed by atoms with Crippen molar-refractivity contribution < 1.29 is 4.79 Å². The molecule has 0 aliphatic heterocycles. The number of rotatable bonds is 6. The number of amides is 1. The van der Waals surface area contributed by atoms with Gasteiger partial charge in [0.15, 0.2) is 0 Å². The van der Waals surface area contributed by atoms with Crippen LogP contribution >= 0.6 is 0 Å². The van der Waals surface area contributed by atoms with Gasteiger partial charge in [0.2, 0.25) is 5.91 Å². The molecule has 0 radical (unpaired) electrons. The summed E-state index contributed by atoms with van der Waals surface area (Å²) in [5.41, 5.74) is 2.55. The highest BCUT2D eigenvalue weighted by Crippen LogP contribution is 2.84. The Morgan fingerprint density at radius 1 is 0.853 bits per heavy atom. The van der Waals surface area contributed by atoms with Crippen molar-refractivity contribution in [1.82, 2.24) is 5.32 Å². The van der Waals surface area contributed by atoms with Crippen LogP contribution in [-0.4, -0.2) is 12.5 Å². The van der Waals surface area contributed by atoms with E-state index in [-0.39, 0.29) is 5.91 Å². The van der Waals surface area contributed by atoms with Crippen molar-refractivity contribution in [3.05, 3.63) is 0 Å². The molecule has 1 amide bonds. The fraction of sp³-hybridized carbons (Fsp3) is 0.969. The van der Waals surface area contributed by atoms with Gasteiger partial charge in [-0.3, -0.25) is 4.79 Å². The second-order valence-corrected chi connectivity index (χ2v) is 15.2. The molecule has 9 atom stereocenters. The highest BCUT2D eigenvalue weighted by Gasteiger charge is 2.76. The lowest BCUT2D eigenvalue weighted by atomic mass is 9.27. The zero-order valence-electron chi connectivity index (χ0n) is 24.3. The number of hydrogen-bond acceptors (Lipinski definition) is 1. The van der Waals surface area contributed by atoms with Gasteiger partial charge in [0.1, 0.15) is 0 Å². The van der Waals surface area contributed by atoms with Crippen LogP contribution in [-0.2, 0) is 4.79 Å². The van der Waals surface area contributed by atoms with E-state index in [2.05, 4.69) is 67.6 Å². The molecule has 4 rings (SSSR count). The summed E-state index contributed by atoms with van der Waals surface area (Å²) in [5.74, 6) is 2.54. The molecule has 0 spiro atoms. The third-order valence-corrected chi connectivity index (χ3v) is 14.4. The van der Waals surface area contributed by atoms with Crippen LogP contribution in [0.5, 0.6) is 0 Å². The van der Waals surface area contributed by atoms with Crippen molar-refractivity contribution in [2.45, 2.75) is 139 Å². The summed E-state index contributed by atoms with van der Waals surface area (Å²) >= 11 is 0. The van der Waals surface area contributed by atoms with Gasteiger partial charge in [0.25, 0.3) is 0 Å². The Bertz CT molecular complexity index is 792. The van der Waals surface area contributed by atoms with Crippen LogP contribution in [0.2, 0.25) is 0 Å². The Hall–Kier alpha value is -0.530. The van der Waals surface area contributed by atoms with Crippen LogP contribution in [0.1, 0.15) is 139 Å². The first-order valence-electron chi connectivity index (χ1n) is 15.0. The lowest BCUT2D eigenvalue weighted by molar-refractivity contribution is -0.288. The lowest BCUT2D eigenvalue weighted by Crippen LogP contribution is -2.70. The Morgan fingerprint density at radius 2 is 1.47 bits per heavy atom. The van der Waals surface area contributed by atoms with Crippen LogP contribution in [0.25, 0.3) is 0 Å². The summed E-state index contributed by atoms with van der Waals surface area (Å²) in [5, 5.41) is 3.10. The van der Waals surface area contributed by atoms with Crippen molar-refractivity contribution in [1.29, 1.82) is 0 Å². The van der Waals surface area contributed by atoms with E-state index in [9.17, 15) is 4.79 Å². The maximum Gasteiger partial charge on any atom is 0.220 e. The molecule has 0 aromatic rings. The van der Waals surface area contributed by atoms with E-state index in [1.807, 2.05) is 0 Å². The number of fused-ring (bicyclic) bond motifs is 5. The minimum absolute atomic E-state index is 0.258. The van der Waals surface area contributed by atoms with E-state index in [4.69, 9.17) is 0 Å². The number of carbonyl (C=O) groups excluding carboxylic acids is 1. The van der Waals surface area contributed by atoms with E-state index in [1.165, 1.54) is 57.8 Å². The minimum atomic E-state index is 0.258. The first kappa shape index (κ1) is 26.5. The monoisotopic (exact) mass is 471 g/mol. The molecule has 0 saturated heterocycles. The number of carbonyl (C=O) groups is 1. The van der Waals surface area contributed by atoms with Gasteiger partial charge in [0.05, 0.1) is 0 Å². The quantitative estimate of drug-likeness (QED) is 0.412. The van der Waals surface area contributed by atoms with E-state index >= 15 is 0 Å². The van der Waals surface area contributed by atoms with Crippen molar-refractivity contribution in [2.24, 2.45) is 50.2 Å². The Balaban J connectivity index is 1.61. The summed E-state index contributed by atoms with van der Waals surface area (Å²) in [6.45, 7) is 24.2. The largest absolute Gasteiger partial charge is 0.356 e. The standard InChI is InChI=1S/C32H57NO/c1-10-21-33-26(34)12-11-24(3)25-14-16-30(7)28(25,5)18-20-31(8)29(6)15-13-23(2)22-27(29,4)17-19-32(30,31)9/h23-25H,10-22H2,1-9H3,(H,33,34)/t23-,24-,25-,27-,28-,29+,30-,31-,32+/m1/s1. The normalized spacial score (nSPS) is 51.2. The molecule has 0 aromatic heterocycles. The van der Waals surface area contributed by atoms with Gasteiger partial charge in [-0.2, -0.15) is 0 Å². The molecule has 2 nitrogen and oxygen atoms in total. The highest BCUT2D eigenvalue weighted by atomic mass is 16.1. The fourth-order valence-corrected chi connectivity index (χ4v) is 11.3. The molecule has 4 aliphatic rings. The van der Waals surface area contributed by atoms with Crippen LogP contribution in [0, 0.1) is 50.2 Å². The maximum absolute atomic E-state index is 12.3. The molecule has 4 aliphatic carbocycles. The second-order valence-electron chi connectivity index (χ2n) is 15.2. The van der Waals surface area contributed by atoms with E-state index in [0.717, 1.165) is 31.2 Å². The van der Waals surface area contributed by atoms with Crippen LogP contribution in [0.4, 0.5) is 0 Å². The molecule has 0 unspecified atom stereocenters. The summed E-state index contributed by atoms with van der Waals surface area (Å²) in [4.78, 5) is 12.3. The SMILES string of the molecule is CCCNC(=O)CC[C@@H](C)[C@H]1CC[C@@]2(C)[C@]3(C)CC[C@]4(C)C[C@H](C)CC[C@]4(C)[C@@]3(C)CC[C@]12C. The molecule has 34 heavy (non-hydrogen) atoms. The predicted octanol–water partition coefficient (Wildman–Crippen LogP) is 8.78. The molecular formula is C32H57NO. The molecular weight excluding hydrogens is 414 g/mol. The molecule has 0 aromatic carbocycles. The van der Waals surface area contributed by atoms with E-state index in [1.54, 1.807) is 0 Å². The van der Waals surface area contributed by atoms with Gasteiger partial charge in [-0.1, -0.05) is 68.7 Å². The topological polar surface area (TPSA) is 29.1 Å². The first-order chi connectivity index (χ1) is 15.7. The van der Waals surface area contributed by atoms with Gasteiger partial charge in [0, 0.05) is 13.0 Å². The average molecular weight is 472 g/mol. The lowest BCUT2D eigenvalue weighted by Gasteiger charge is -2.77. The molecule has 0 heterocycles.